The molecular weight excluding hydrogens is 580 g/mol. The Labute approximate surface area is 269 Å². The van der Waals surface area contributed by atoms with E-state index in [0.717, 1.165) is 85.2 Å². The molecule has 1 aromatic heterocycles. The van der Waals surface area contributed by atoms with Crippen molar-refractivity contribution in [1.29, 1.82) is 0 Å². The Morgan fingerprint density at radius 1 is 0.822 bits per heavy atom. The minimum absolute atomic E-state index is 0.181. The summed E-state index contributed by atoms with van der Waals surface area (Å²) in [6, 6.07) is 22.2. The first-order valence-electron chi connectivity index (χ1n) is 16.2. The number of hydrogen-bond donors (Lipinski definition) is 2. The van der Waals surface area contributed by atoms with Gasteiger partial charge in [-0.25, -0.2) is 4.79 Å². The SMILES string of the molecule is CC(C)(C)OC(=O)N1CCC2(CC1)CCN(c1ccc(C(=C3CC3)c3c(-c4ccc(O)cc4)sc4cc(O)ccc34)cc1)CC2. The van der Waals surface area contributed by atoms with Gasteiger partial charge in [0.2, 0.25) is 0 Å². The van der Waals surface area contributed by atoms with Crippen LogP contribution in [0, 0.1) is 5.41 Å². The summed E-state index contributed by atoms with van der Waals surface area (Å²) in [5, 5.41) is 21.4. The summed E-state index contributed by atoms with van der Waals surface area (Å²) in [6.07, 6.45) is 6.41. The number of hydrogen-bond acceptors (Lipinski definition) is 6. The van der Waals surface area contributed by atoms with Crippen LogP contribution in [0.5, 0.6) is 11.5 Å². The molecule has 0 radical (unpaired) electrons. The molecule has 1 amide bonds. The molecule has 3 fully saturated rings. The van der Waals surface area contributed by atoms with Crippen LogP contribution in [0.15, 0.2) is 72.3 Å². The highest BCUT2D eigenvalue weighted by atomic mass is 32.1. The van der Waals surface area contributed by atoms with Gasteiger partial charge in [-0.05, 0) is 136 Å². The van der Waals surface area contributed by atoms with E-state index in [9.17, 15) is 15.0 Å². The fourth-order valence-electron chi connectivity index (χ4n) is 7.06. The lowest BCUT2D eigenvalue weighted by atomic mass is 9.71. The third-order valence-corrected chi connectivity index (χ3v) is 10.9. The van der Waals surface area contributed by atoms with Crippen molar-refractivity contribution in [2.45, 2.75) is 64.9 Å². The van der Waals surface area contributed by atoms with E-state index in [1.807, 2.05) is 49.9 Å². The van der Waals surface area contributed by atoms with Gasteiger partial charge in [0, 0.05) is 52.4 Å². The number of benzene rings is 3. The van der Waals surface area contributed by atoms with Crippen molar-refractivity contribution in [2.75, 3.05) is 31.1 Å². The zero-order valence-electron chi connectivity index (χ0n) is 26.4. The number of phenols is 2. The fraction of sp³-hybridized carbons (Fsp3) is 0.395. The number of rotatable bonds is 4. The number of fused-ring (bicyclic) bond motifs is 1. The van der Waals surface area contributed by atoms with Gasteiger partial charge in [0.15, 0.2) is 0 Å². The zero-order chi connectivity index (χ0) is 31.3. The highest BCUT2D eigenvalue weighted by Gasteiger charge is 2.39. The average Bonchev–Trinajstić information content (AvgIpc) is 3.79. The van der Waals surface area contributed by atoms with Gasteiger partial charge in [0.25, 0.3) is 0 Å². The molecule has 3 heterocycles. The minimum Gasteiger partial charge on any atom is -0.508 e. The number of nitrogens with zero attached hydrogens (tertiary/aromatic N) is 2. The number of phenolic OH excluding ortho intramolecular Hbond substituents is 2. The van der Waals surface area contributed by atoms with E-state index in [-0.39, 0.29) is 17.6 Å². The quantitative estimate of drug-likeness (QED) is 0.237. The molecule has 2 N–H and O–H groups in total. The molecule has 0 unspecified atom stereocenters. The molecule has 0 bridgehead atoms. The summed E-state index contributed by atoms with van der Waals surface area (Å²) in [6.45, 7) is 9.40. The maximum absolute atomic E-state index is 12.6. The van der Waals surface area contributed by atoms with Crippen LogP contribution in [-0.2, 0) is 4.74 Å². The molecule has 7 heteroatoms. The molecule has 2 aliphatic heterocycles. The first kappa shape index (κ1) is 29.7. The topological polar surface area (TPSA) is 73.2 Å². The van der Waals surface area contributed by atoms with E-state index in [1.54, 1.807) is 29.5 Å². The number of aromatic hydroxyl groups is 2. The van der Waals surface area contributed by atoms with Crippen molar-refractivity contribution in [2.24, 2.45) is 5.41 Å². The second-order valence-corrected chi connectivity index (χ2v) is 15.1. The standard InChI is InChI=1S/C38H42N2O4S/c1-37(2,3)44-36(43)40-22-18-38(19-23-40)16-20-39(21-17-38)28-10-6-26(7-11-28)33(25-4-5-25)34-31-15-14-30(42)24-32(31)45-35(34)27-8-12-29(41)13-9-27/h6-15,24,41-42H,4-5,16-23H2,1-3H3. The predicted octanol–water partition coefficient (Wildman–Crippen LogP) is 9.19. The molecule has 3 aromatic carbocycles. The Morgan fingerprint density at radius 3 is 2.07 bits per heavy atom. The zero-order valence-corrected chi connectivity index (χ0v) is 27.3. The Bertz CT molecular complexity index is 1740. The van der Waals surface area contributed by atoms with Crippen molar-refractivity contribution < 1.29 is 19.7 Å². The highest BCUT2D eigenvalue weighted by molar-refractivity contribution is 7.22. The molecule has 4 aromatic rings. The van der Waals surface area contributed by atoms with Gasteiger partial charge in [0.05, 0.1) is 0 Å². The van der Waals surface area contributed by atoms with Crippen molar-refractivity contribution in [3.8, 4) is 21.9 Å². The van der Waals surface area contributed by atoms with E-state index >= 15 is 0 Å². The number of carbonyl (C=O) groups is 1. The second-order valence-electron chi connectivity index (χ2n) is 14.0. The third-order valence-electron chi connectivity index (χ3n) is 9.73. The van der Waals surface area contributed by atoms with Crippen LogP contribution in [0.2, 0.25) is 0 Å². The lowest BCUT2D eigenvalue weighted by Crippen LogP contribution is -2.49. The molecule has 1 spiro atoms. The molecule has 7 rings (SSSR count). The van der Waals surface area contributed by atoms with Gasteiger partial charge in [-0.2, -0.15) is 0 Å². The predicted molar refractivity (Wildman–Crippen MR) is 183 cm³/mol. The number of piperidine rings is 2. The van der Waals surface area contributed by atoms with Crippen molar-refractivity contribution in [1.82, 2.24) is 4.90 Å². The lowest BCUT2D eigenvalue weighted by Gasteiger charge is -2.47. The third kappa shape index (κ3) is 6.15. The Balaban J connectivity index is 1.09. The smallest absolute Gasteiger partial charge is 0.410 e. The van der Waals surface area contributed by atoms with Crippen LogP contribution in [0.3, 0.4) is 0 Å². The Hall–Kier alpha value is -3.97. The highest BCUT2D eigenvalue weighted by Crippen LogP contribution is 2.50. The first-order chi connectivity index (χ1) is 21.6. The van der Waals surface area contributed by atoms with Crippen LogP contribution in [-0.4, -0.2) is 53.0 Å². The van der Waals surface area contributed by atoms with Crippen molar-refractivity contribution in [3.05, 3.63) is 83.4 Å². The summed E-state index contributed by atoms with van der Waals surface area (Å²) in [5.41, 5.74) is 7.40. The van der Waals surface area contributed by atoms with E-state index < -0.39 is 5.60 Å². The maximum atomic E-state index is 12.6. The van der Waals surface area contributed by atoms with Crippen LogP contribution < -0.4 is 4.90 Å². The molecule has 6 nitrogen and oxygen atoms in total. The van der Waals surface area contributed by atoms with Crippen LogP contribution in [0.1, 0.15) is 70.4 Å². The number of anilines is 1. The van der Waals surface area contributed by atoms with E-state index in [1.165, 1.54) is 28.0 Å². The monoisotopic (exact) mass is 622 g/mol. The van der Waals surface area contributed by atoms with Gasteiger partial charge in [-0.1, -0.05) is 17.7 Å². The average molecular weight is 623 g/mol. The van der Waals surface area contributed by atoms with Crippen molar-refractivity contribution in [3.63, 3.8) is 0 Å². The second kappa shape index (κ2) is 11.4. The molecule has 2 saturated heterocycles. The Morgan fingerprint density at radius 2 is 1.44 bits per heavy atom. The van der Waals surface area contributed by atoms with E-state index in [4.69, 9.17) is 4.74 Å². The van der Waals surface area contributed by atoms with Crippen LogP contribution in [0.4, 0.5) is 10.5 Å². The van der Waals surface area contributed by atoms with Gasteiger partial charge in [-0.15, -0.1) is 11.3 Å². The summed E-state index contributed by atoms with van der Waals surface area (Å²) >= 11 is 1.69. The Kier molecular flexibility index (Phi) is 7.55. The first-order valence-corrected chi connectivity index (χ1v) is 17.0. The van der Waals surface area contributed by atoms with E-state index in [0.29, 0.717) is 5.41 Å². The fourth-order valence-corrected chi connectivity index (χ4v) is 8.30. The van der Waals surface area contributed by atoms with E-state index in [2.05, 4.69) is 29.2 Å². The molecule has 234 valence electrons. The normalized spacial score (nSPS) is 18.0. The maximum Gasteiger partial charge on any atom is 0.410 e. The summed E-state index contributed by atoms with van der Waals surface area (Å²) in [5.74, 6) is 0.528. The lowest BCUT2D eigenvalue weighted by molar-refractivity contribution is 0.00665. The summed E-state index contributed by atoms with van der Waals surface area (Å²) in [7, 11) is 0. The number of likely N-dealkylation sites (tertiary alicyclic amines) is 1. The van der Waals surface area contributed by atoms with Gasteiger partial charge < -0.3 is 24.7 Å². The molecule has 45 heavy (non-hydrogen) atoms. The molecular formula is C38H42N2O4S. The van der Waals surface area contributed by atoms with Gasteiger partial charge >= 0.3 is 6.09 Å². The number of carbonyl (C=O) groups excluding carboxylic acids is 1. The summed E-state index contributed by atoms with van der Waals surface area (Å²) in [4.78, 5) is 18.1. The largest absolute Gasteiger partial charge is 0.508 e. The van der Waals surface area contributed by atoms with Gasteiger partial charge in [0.1, 0.15) is 17.1 Å². The number of amides is 1. The summed E-state index contributed by atoms with van der Waals surface area (Å²) < 4.78 is 6.67. The number of thiophene rings is 1. The molecule has 0 atom stereocenters. The van der Waals surface area contributed by atoms with Crippen molar-refractivity contribution >= 4 is 38.8 Å². The minimum atomic E-state index is -0.459. The number of allylic oxidation sites excluding steroid dienone is 1. The molecule has 1 saturated carbocycles. The van der Waals surface area contributed by atoms with Gasteiger partial charge in [-0.3, -0.25) is 0 Å². The van der Waals surface area contributed by atoms with Crippen LogP contribution in [0.25, 0.3) is 26.1 Å². The van der Waals surface area contributed by atoms with Crippen LogP contribution >= 0.6 is 11.3 Å². The molecule has 1 aliphatic carbocycles. The molecule has 3 aliphatic rings. The number of ether oxygens (including phenoxy) is 1.